The number of hydrogen-bond acceptors (Lipinski definition) is 3. The van der Waals surface area contributed by atoms with Crippen LogP contribution in [0.4, 0.5) is 0 Å². The van der Waals surface area contributed by atoms with E-state index in [1.807, 2.05) is 19.9 Å². The van der Waals surface area contributed by atoms with Gasteiger partial charge in [0.15, 0.2) is 6.71 Å². The number of hydrogen-bond donors (Lipinski definition) is 0. The van der Waals surface area contributed by atoms with Gasteiger partial charge in [-0.2, -0.15) is 0 Å². The van der Waals surface area contributed by atoms with Crippen LogP contribution in [0.1, 0.15) is 29.8 Å². The van der Waals surface area contributed by atoms with Crippen LogP contribution in [0.15, 0.2) is 36.5 Å². The van der Waals surface area contributed by atoms with Crippen molar-refractivity contribution in [1.82, 2.24) is 9.88 Å². The molecular formula is C19H23BN2O2. The van der Waals surface area contributed by atoms with Crippen LogP contribution in [0.25, 0.3) is 0 Å². The van der Waals surface area contributed by atoms with Crippen molar-refractivity contribution in [3.8, 4) is 11.6 Å². The Bertz CT molecular complexity index is 727. The second-order valence-electron chi connectivity index (χ2n) is 6.26. The number of ether oxygens (including phenoxy) is 1. The summed E-state index contributed by atoms with van der Waals surface area (Å²) in [5.41, 5.74) is 3.39. The highest BCUT2D eigenvalue weighted by Gasteiger charge is 2.21. The molecular weight excluding hydrogens is 299 g/mol. The van der Waals surface area contributed by atoms with Crippen LogP contribution in [0.5, 0.6) is 11.6 Å². The molecule has 0 bridgehead atoms. The molecule has 5 heteroatoms. The largest absolute Gasteiger partial charge is 0.439 e. The first-order chi connectivity index (χ1) is 11.6. The van der Waals surface area contributed by atoms with E-state index < -0.39 is 0 Å². The van der Waals surface area contributed by atoms with Gasteiger partial charge in [-0.15, -0.1) is 0 Å². The van der Waals surface area contributed by atoms with Crippen molar-refractivity contribution >= 4 is 18.1 Å². The van der Waals surface area contributed by atoms with E-state index in [9.17, 15) is 4.79 Å². The first kappa shape index (κ1) is 16.6. The smallest absolute Gasteiger partial charge is 0.255 e. The summed E-state index contributed by atoms with van der Waals surface area (Å²) < 4.78 is 5.85. The van der Waals surface area contributed by atoms with Gasteiger partial charge in [0.2, 0.25) is 5.88 Å². The summed E-state index contributed by atoms with van der Waals surface area (Å²) in [6.07, 6.45) is 3.91. The summed E-state index contributed by atoms with van der Waals surface area (Å²) in [5.74, 6) is 1.32. The molecule has 1 amide bonds. The van der Waals surface area contributed by atoms with E-state index in [2.05, 4.69) is 23.9 Å². The molecule has 0 N–H and O–H groups in total. The first-order valence-electron chi connectivity index (χ1n) is 8.68. The number of rotatable bonds is 5. The molecule has 0 aliphatic carbocycles. The Morgan fingerprint density at radius 1 is 1.25 bits per heavy atom. The normalized spacial score (nSPS) is 12.9. The fourth-order valence-electron chi connectivity index (χ4n) is 3.25. The van der Waals surface area contributed by atoms with Gasteiger partial charge in [0.05, 0.1) is 5.56 Å². The van der Waals surface area contributed by atoms with Crippen molar-refractivity contribution in [2.24, 2.45) is 0 Å². The maximum absolute atomic E-state index is 12.3. The Hall–Kier alpha value is -2.30. The van der Waals surface area contributed by atoms with Crippen LogP contribution < -0.4 is 10.2 Å². The lowest BCUT2D eigenvalue weighted by Crippen LogP contribution is -2.30. The molecule has 0 unspecified atom stereocenters. The van der Waals surface area contributed by atoms with Crippen LogP contribution in [-0.4, -0.2) is 35.6 Å². The van der Waals surface area contributed by atoms with Gasteiger partial charge >= 0.3 is 0 Å². The van der Waals surface area contributed by atoms with Crippen LogP contribution >= 0.6 is 0 Å². The topological polar surface area (TPSA) is 42.4 Å². The summed E-state index contributed by atoms with van der Waals surface area (Å²) >= 11 is 0. The van der Waals surface area contributed by atoms with E-state index in [0.29, 0.717) is 31.2 Å². The molecule has 2 aromatic rings. The van der Waals surface area contributed by atoms with E-state index in [4.69, 9.17) is 4.74 Å². The molecule has 124 valence electrons. The lowest BCUT2D eigenvalue weighted by atomic mass is 9.48. The van der Waals surface area contributed by atoms with Gasteiger partial charge in [0.25, 0.3) is 5.91 Å². The number of fused-ring (bicyclic) bond motifs is 1. The number of nitrogens with zero attached hydrogens (tertiary/aromatic N) is 2. The second kappa shape index (κ2) is 7.08. The SMILES string of the molecule is CCN(CC)C(=O)c1ccc(Oc2ccc3c(c2)CCB3C)nc1. The standard InChI is InChI=1S/C19H23BN2O2/c1-4-22(5-2)19(23)15-6-9-18(21-13-15)24-16-7-8-17-14(12-16)10-11-20(17)3/h6-9,12-13H,4-5,10-11H2,1-3H3. The number of benzene rings is 1. The zero-order valence-electron chi connectivity index (χ0n) is 14.6. The lowest BCUT2D eigenvalue weighted by Gasteiger charge is -2.18. The Morgan fingerprint density at radius 2 is 2.04 bits per heavy atom. The Morgan fingerprint density at radius 3 is 2.71 bits per heavy atom. The average molecular weight is 322 g/mol. The minimum atomic E-state index is 0.00516. The number of carbonyl (C=O) groups is 1. The van der Waals surface area contributed by atoms with Crippen molar-refractivity contribution in [3.63, 3.8) is 0 Å². The Labute approximate surface area is 143 Å². The minimum absolute atomic E-state index is 0.00516. The van der Waals surface area contributed by atoms with E-state index >= 15 is 0 Å². The number of carbonyl (C=O) groups excluding carboxylic acids is 1. The van der Waals surface area contributed by atoms with Gasteiger partial charge < -0.3 is 9.64 Å². The molecule has 1 aromatic carbocycles. The zero-order valence-corrected chi connectivity index (χ0v) is 14.6. The van der Waals surface area contributed by atoms with E-state index in [1.165, 1.54) is 17.3 Å². The van der Waals surface area contributed by atoms with Gasteiger partial charge in [0.1, 0.15) is 5.75 Å². The third kappa shape index (κ3) is 3.30. The highest BCUT2D eigenvalue weighted by molar-refractivity contribution is 6.73. The maximum Gasteiger partial charge on any atom is 0.255 e. The fourth-order valence-corrected chi connectivity index (χ4v) is 3.25. The number of pyridine rings is 1. The monoisotopic (exact) mass is 322 g/mol. The van der Waals surface area contributed by atoms with Gasteiger partial charge in [-0.1, -0.05) is 30.2 Å². The van der Waals surface area contributed by atoms with Gasteiger partial charge in [-0.25, -0.2) is 4.98 Å². The number of aryl methyl sites for hydroxylation is 1. The van der Waals surface area contributed by atoms with Gasteiger partial charge in [-0.05, 0) is 38.5 Å². The van der Waals surface area contributed by atoms with Crippen molar-refractivity contribution in [2.45, 2.75) is 33.4 Å². The highest BCUT2D eigenvalue weighted by Crippen LogP contribution is 2.24. The van der Waals surface area contributed by atoms with E-state index in [1.54, 1.807) is 23.2 Å². The van der Waals surface area contributed by atoms with E-state index in [0.717, 1.165) is 12.2 Å². The summed E-state index contributed by atoms with van der Waals surface area (Å²) in [6.45, 7) is 8.24. The summed E-state index contributed by atoms with van der Waals surface area (Å²) in [5, 5.41) is 0. The molecule has 0 atom stereocenters. The van der Waals surface area contributed by atoms with Crippen LogP contribution in [0.2, 0.25) is 13.1 Å². The molecule has 3 rings (SSSR count). The second-order valence-corrected chi connectivity index (χ2v) is 6.26. The zero-order chi connectivity index (χ0) is 17.1. The van der Waals surface area contributed by atoms with Gasteiger partial charge in [0, 0.05) is 25.4 Å². The van der Waals surface area contributed by atoms with E-state index in [-0.39, 0.29) is 5.91 Å². The quantitative estimate of drug-likeness (QED) is 0.794. The first-order valence-corrected chi connectivity index (χ1v) is 8.68. The van der Waals surface area contributed by atoms with Gasteiger partial charge in [-0.3, -0.25) is 4.79 Å². The molecule has 1 aromatic heterocycles. The maximum atomic E-state index is 12.3. The van der Waals surface area contributed by atoms with Crippen molar-refractivity contribution in [3.05, 3.63) is 47.7 Å². The van der Waals surface area contributed by atoms with Crippen LogP contribution in [0.3, 0.4) is 0 Å². The van der Waals surface area contributed by atoms with Crippen molar-refractivity contribution in [2.75, 3.05) is 13.1 Å². The molecule has 0 fully saturated rings. The summed E-state index contributed by atoms with van der Waals surface area (Å²) in [6, 6.07) is 9.79. The predicted octanol–water partition coefficient (Wildman–Crippen LogP) is 3.24. The number of amides is 1. The molecule has 0 spiro atoms. The predicted molar refractivity (Wildman–Crippen MR) is 97.8 cm³/mol. The average Bonchev–Trinajstić information content (AvgIpc) is 2.97. The Kier molecular flexibility index (Phi) is 4.88. The van der Waals surface area contributed by atoms with Crippen molar-refractivity contribution in [1.29, 1.82) is 0 Å². The van der Waals surface area contributed by atoms with Crippen LogP contribution in [0, 0.1) is 0 Å². The third-order valence-electron chi connectivity index (χ3n) is 4.75. The molecule has 4 nitrogen and oxygen atoms in total. The lowest BCUT2D eigenvalue weighted by molar-refractivity contribution is 0.0772. The molecule has 1 aliphatic rings. The molecule has 0 radical (unpaired) electrons. The minimum Gasteiger partial charge on any atom is -0.439 e. The molecule has 1 aliphatic heterocycles. The highest BCUT2D eigenvalue weighted by atomic mass is 16.5. The fraction of sp³-hybridized carbons (Fsp3) is 0.368. The number of aromatic nitrogens is 1. The summed E-state index contributed by atoms with van der Waals surface area (Å²) in [7, 11) is 0. The molecule has 0 saturated carbocycles. The van der Waals surface area contributed by atoms with Crippen molar-refractivity contribution < 1.29 is 9.53 Å². The molecule has 2 heterocycles. The molecule has 24 heavy (non-hydrogen) atoms. The van der Waals surface area contributed by atoms with Crippen LogP contribution in [-0.2, 0) is 6.42 Å². The summed E-state index contributed by atoms with van der Waals surface area (Å²) in [4.78, 5) is 18.3. The third-order valence-corrected chi connectivity index (χ3v) is 4.75. The Balaban J connectivity index is 1.72. The molecule has 0 saturated heterocycles.